The molecular weight excluding hydrogens is 450 g/mol. The summed E-state index contributed by atoms with van der Waals surface area (Å²) in [5.41, 5.74) is 0.118. The van der Waals surface area contributed by atoms with Crippen LogP contribution in [-0.4, -0.2) is 65.9 Å². The minimum Gasteiger partial charge on any atom is -0.434 e. The van der Waals surface area contributed by atoms with E-state index < -0.39 is 17.4 Å². The fraction of sp³-hybridized carbons (Fsp3) is 0.300. The molecule has 2 aromatic rings. The predicted molar refractivity (Wildman–Crippen MR) is 112 cm³/mol. The summed E-state index contributed by atoms with van der Waals surface area (Å²) in [6.07, 6.45) is 0. The fourth-order valence-electron chi connectivity index (χ4n) is 3.23. The molecule has 0 radical (unpaired) electrons. The van der Waals surface area contributed by atoms with Crippen LogP contribution in [-0.2, 0) is 4.79 Å². The minimum atomic E-state index is -3.04. The molecule has 32 heavy (non-hydrogen) atoms. The van der Waals surface area contributed by atoms with Gasteiger partial charge in [-0.3, -0.25) is 24.6 Å². The smallest absolute Gasteiger partial charge is 0.387 e. The first kappa shape index (κ1) is 23.4. The second-order valence-electron chi connectivity index (χ2n) is 6.91. The number of hydrogen-bond donors (Lipinski definition) is 1. The molecule has 1 saturated heterocycles. The van der Waals surface area contributed by atoms with Gasteiger partial charge in [0.05, 0.1) is 27.7 Å². The first-order valence-corrected chi connectivity index (χ1v) is 9.91. The van der Waals surface area contributed by atoms with Crippen LogP contribution in [0, 0.1) is 10.1 Å². The summed E-state index contributed by atoms with van der Waals surface area (Å²) in [6, 6.07) is 9.54. The minimum absolute atomic E-state index is 0.0282. The SMILES string of the molecule is O=C(CN1CCN(C(=O)c2ccccc2OC(F)F)CC1)Nc1ccc([N+](=O)[O-])cc1Cl. The van der Waals surface area contributed by atoms with Crippen molar-refractivity contribution in [2.45, 2.75) is 6.61 Å². The highest BCUT2D eigenvalue weighted by Crippen LogP contribution is 2.27. The molecule has 1 N–H and O–H groups in total. The summed E-state index contributed by atoms with van der Waals surface area (Å²) >= 11 is 5.98. The number of alkyl halides is 2. The Morgan fingerprint density at radius 3 is 2.47 bits per heavy atom. The molecule has 0 unspecified atom stereocenters. The van der Waals surface area contributed by atoms with Gasteiger partial charge in [-0.05, 0) is 18.2 Å². The lowest BCUT2D eigenvalue weighted by molar-refractivity contribution is -0.384. The summed E-state index contributed by atoms with van der Waals surface area (Å²) < 4.78 is 29.6. The van der Waals surface area contributed by atoms with Gasteiger partial charge in [0.2, 0.25) is 5.91 Å². The van der Waals surface area contributed by atoms with E-state index in [1.54, 1.807) is 6.07 Å². The number of anilines is 1. The third kappa shape index (κ3) is 5.89. The molecule has 0 bridgehead atoms. The molecule has 3 rings (SSSR count). The number of carbonyl (C=O) groups excluding carboxylic acids is 2. The summed E-state index contributed by atoms with van der Waals surface area (Å²) in [5, 5.41) is 13.4. The third-order valence-electron chi connectivity index (χ3n) is 4.80. The van der Waals surface area contributed by atoms with E-state index in [0.29, 0.717) is 26.2 Å². The van der Waals surface area contributed by atoms with E-state index in [0.717, 1.165) is 6.07 Å². The summed E-state index contributed by atoms with van der Waals surface area (Å²) in [4.78, 5) is 38.6. The van der Waals surface area contributed by atoms with Crippen molar-refractivity contribution in [1.29, 1.82) is 0 Å². The molecule has 0 aromatic heterocycles. The highest BCUT2D eigenvalue weighted by Gasteiger charge is 2.26. The highest BCUT2D eigenvalue weighted by molar-refractivity contribution is 6.34. The van der Waals surface area contributed by atoms with Crippen LogP contribution in [0.1, 0.15) is 10.4 Å². The number of halogens is 3. The molecule has 2 amide bonds. The van der Waals surface area contributed by atoms with Crippen molar-refractivity contribution < 1.29 is 28.0 Å². The topological polar surface area (TPSA) is 105 Å². The van der Waals surface area contributed by atoms with Gasteiger partial charge in [0.25, 0.3) is 11.6 Å². The molecule has 0 spiro atoms. The quantitative estimate of drug-likeness (QED) is 0.494. The van der Waals surface area contributed by atoms with E-state index >= 15 is 0 Å². The second-order valence-corrected chi connectivity index (χ2v) is 7.32. The molecule has 9 nitrogen and oxygen atoms in total. The molecule has 1 heterocycles. The van der Waals surface area contributed by atoms with E-state index in [1.165, 1.54) is 35.2 Å². The Morgan fingerprint density at radius 1 is 1.16 bits per heavy atom. The van der Waals surface area contributed by atoms with E-state index in [-0.39, 0.29) is 40.2 Å². The van der Waals surface area contributed by atoms with Crippen molar-refractivity contribution in [1.82, 2.24) is 9.80 Å². The number of non-ortho nitro benzene ring substituents is 1. The predicted octanol–water partition coefficient (Wildman–Crippen LogP) is 3.25. The standard InChI is InChI=1S/C20H19ClF2N4O5/c21-15-11-13(27(30)31)5-6-16(15)24-18(28)12-25-7-9-26(10-8-25)19(29)14-3-1-2-4-17(14)32-20(22)23/h1-6,11,20H,7-10,12H2,(H,24,28). The van der Waals surface area contributed by atoms with Crippen molar-refractivity contribution in [2.24, 2.45) is 0 Å². The van der Waals surface area contributed by atoms with Crippen LogP contribution < -0.4 is 10.1 Å². The number of benzene rings is 2. The van der Waals surface area contributed by atoms with Crippen LogP contribution in [0.3, 0.4) is 0 Å². The van der Waals surface area contributed by atoms with Gasteiger partial charge in [-0.2, -0.15) is 8.78 Å². The Kier molecular flexibility index (Phi) is 7.54. The number of carbonyl (C=O) groups is 2. The normalized spacial score (nSPS) is 14.3. The Labute approximate surface area is 186 Å². The zero-order chi connectivity index (χ0) is 23.3. The number of nitro groups is 1. The first-order valence-electron chi connectivity index (χ1n) is 9.54. The lowest BCUT2D eigenvalue weighted by Crippen LogP contribution is -2.50. The molecule has 12 heteroatoms. The lowest BCUT2D eigenvalue weighted by atomic mass is 10.1. The Morgan fingerprint density at radius 2 is 1.84 bits per heavy atom. The second kappa shape index (κ2) is 10.3. The van der Waals surface area contributed by atoms with Crippen molar-refractivity contribution >= 4 is 34.8 Å². The summed E-state index contributed by atoms with van der Waals surface area (Å²) in [7, 11) is 0. The van der Waals surface area contributed by atoms with Crippen LogP contribution in [0.25, 0.3) is 0 Å². The number of para-hydroxylation sites is 1. The molecule has 1 aliphatic rings. The van der Waals surface area contributed by atoms with Gasteiger partial charge in [-0.15, -0.1) is 0 Å². The van der Waals surface area contributed by atoms with Crippen LogP contribution >= 0.6 is 11.6 Å². The van der Waals surface area contributed by atoms with Crippen LogP contribution in [0.5, 0.6) is 5.75 Å². The van der Waals surface area contributed by atoms with E-state index in [9.17, 15) is 28.5 Å². The average Bonchev–Trinajstić information content (AvgIpc) is 2.75. The van der Waals surface area contributed by atoms with Crippen molar-refractivity contribution in [3.8, 4) is 5.75 Å². The molecule has 0 saturated carbocycles. The number of rotatable bonds is 7. The first-order chi connectivity index (χ1) is 15.2. The van der Waals surface area contributed by atoms with Crippen LogP contribution in [0.15, 0.2) is 42.5 Å². The number of amides is 2. The molecule has 170 valence electrons. The number of hydrogen-bond acceptors (Lipinski definition) is 6. The Bertz CT molecular complexity index is 1020. The largest absolute Gasteiger partial charge is 0.434 e. The number of nitro benzene ring substituents is 1. The zero-order valence-corrected chi connectivity index (χ0v) is 17.4. The maximum absolute atomic E-state index is 12.7. The van der Waals surface area contributed by atoms with Crippen LogP contribution in [0.4, 0.5) is 20.2 Å². The van der Waals surface area contributed by atoms with Gasteiger partial charge in [0.15, 0.2) is 0 Å². The maximum atomic E-state index is 12.7. The molecule has 0 aliphatic carbocycles. The van der Waals surface area contributed by atoms with Gasteiger partial charge >= 0.3 is 6.61 Å². The van der Waals surface area contributed by atoms with Crippen molar-refractivity contribution in [3.05, 3.63) is 63.2 Å². The highest BCUT2D eigenvalue weighted by atomic mass is 35.5. The molecule has 2 aromatic carbocycles. The Balaban J connectivity index is 1.53. The van der Waals surface area contributed by atoms with Gasteiger partial charge < -0.3 is 15.0 Å². The lowest BCUT2D eigenvalue weighted by Gasteiger charge is -2.34. The Hall–Kier alpha value is -3.31. The number of nitrogens with zero attached hydrogens (tertiary/aromatic N) is 3. The molecular formula is C20H19ClF2N4O5. The fourth-order valence-corrected chi connectivity index (χ4v) is 3.46. The maximum Gasteiger partial charge on any atom is 0.387 e. The van der Waals surface area contributed by atoms with Crippen molar-refractivity contribution in [3.63, 3.8) is 0 Å². The molecule has 0 atom stereocenters. The van der Waals surface area contributed by atoms with Crippen LogP contribution in [0.2, 0.25) is 5.02 Å². The van der Waals surface area contributed by atoms with E-state index in [1.807, 2.05) is 4.90 Å². The summed E-state index contributed by atoms with van der Waals surface area (Å²) in [5.74, 6) is -0.978. The summed E-state index contributed by atoms with van der Waals surface area (Å²) in [6.45, 7) is -1.62. The number of nitrogens with one attached hydrogen (secondary N) is 1. The van der Waals surface area contributed by atoms with E-state index in [2.05, 4.69) is 10.1 Å². The average molecular weight is 469 g/mol. The molecule has 1 aliphatic heterocycles. The van der Waals surface area contributed by atoms with Crippen molar-refractivity contribution in [2.75, 3.05) is 38.0 Å². The van der Waals surface area contributed by atoms with Gasteiger partial charge in [0, 0.05) is 38.3 Å². The number of piperazine rings is 1. The molecule has 1 fully saturated rings. The van der Waals surface area contributed by atoms with E-state index in [4.69, 9.17) is 11.6 Å². The third-order valence-corrected chi connectivity index (χ3v) is 5.11. The van der Waals surface area contributed by atoms with Gasteiger partial charge in [-0.25, -0.2) is 0 Å². The zero-order valence-electron chi connectivity index (χ0n) is 16.7. The number of ether oxygens (including phenoxy) is 1. The van der Waals surface area contributed by atoms with Gasteiger partial charge in [-0.1, -0.05) is 23.7 Å². The van der Waals surface area contributed by atoms with Gasteiger partial charge in [0.1, 0.15) is 5.75 Å². The monoisotopic (exact) mass is 468 g/mol.